The lowest BCUT2D eigenvalue weighted by Crippen LogP contribution is -1.88. The Bertz CT molecular complexity index is 501. The molecule has 2 aromatic rings. The van der Waals surface area contributed by atoms with Crippen LogP contribution < -0.4 is 0 Å². The monoisotopic (exact) mass is 314 g/mol. The normalized spacial score (nSPS) is 12.6. The lowest BCUT2D eigenvalue weighted by atomic mass is 10.1. The van der Waals surface area contributed by atoms with Gasteiger partial charge in [-0.05, 0) is 24.1 Å². The topological polar surface area (TPSA) is 25.8 Å². The molecule has 1 aromatic carbocycles. The quantitative estimate of drug-likeness (QED) is 0.793. The van der Waals surface area contributed by atoms with E-state index in [-0.39, 0.29) is 10.6 Å². The summed E-state index contributed by atoms with van der Waals surface area (Å²) in [4.78, 5) is 0.265. The summed E-state index contributed by atoms with van der Waals surface area (Å²) in [5.41, 5.74) is 0.926. The van der Waals surface area contributed by atoms with Crippen LogP contribution in [0.2, 0.25) is 0 Å². The van der Waals surface area contributed by atoms with Crippen LogP contribution in [0, 0.1) is 5.82 Å². The molecule has 0 aliphatic carbocycles. The molecule has 2 nitrogen and oxygen atoms in total. The Hall–Kier alpha value is -0.810. The van der Waals surface area contributed by atoms with E-state index in [2.05, 4.69) is 33.1 Å². The maximum absolute atomic E-state index is 13.0. The maximum Gasteiger partial charge on any atom is 0.131 e. The van der Waals surface area contributed by atoms with Gasteiger partial charge >= 0.3 is 0 Å². The molecule has 0 radical (unpaired) electrons. The minimum Gasteiger partial charge on any atom is -0.207 e. The van der Waals surface area contributed by atoms with E-state index in [4.69, 9.17) is 0 Å². The van der Waals surface area contributed by atoms with Crippen molar-refractivity contribution in [2.45, 2.75) is 24.6 Å². The van der Waals surface area contributed by atoms with Crippen LogP contribution in [0.1, 0.15) is 33.8 Å². The van der Waals surface area contributed by atoms with Crippen LogP contribution in [-0.4, -0.2) is 10.2 Å². The molecule has 1 unspecified atom stereocenters. The van der Waals surface area contributed by atoms with Crippen LogP contribution >= 0.6 is 27.3 Å². The summed E-state index contributed by atoms with van der Waals surface area (Å²) in [6.45, 7) is 2.09. The van der Waals surface area contributed by atoms with Crippen molar-refractivity contribution in [3.63, 3.8) is 0 Å². The lowest BCUT2D eigenvalue weighted by molar-refractivity contribution is 0.626. The first-order valence-electron chi connectivity index (χ1n) is 5.40. The molecular weight excluding hydrogens is 303 g/mol. The van der Waals surface area contributed by atoms with Gasteiger partial charge < -0.3 is 0 Å². The van der Waals surface area contributed by atoms with Crippen molar-refractivity contribution in [2.24, 2.45) is 0 Å². The molecule has 1 atom stereocenters. The van der Waals surface area contributed by atoms with Crippen LogP contribution in [0.4, 0.5) is 4.39 Å². The van der Waals surface area contributed by atoms with E-state index < -0.39 is 0 Å². The van der Waals surface area contributed by atoms with Crippen LogP contribution in [0.15, 0.2) is 24.3 Å². The van der Waals surface area contributed by atoms with Gasteiger partial charge in [-0.25, -0.2) is 4.39 Å². The largest absolute Gasteiger partial charge is 0.207 e. The number of rotatable bonds is 4. The molecule has 0 fully saturated rings. The molecule has 0 aliphatic rings. The minimum atomic E-state index is -0.209. The second kappa shape index (κ2) is 5.69. The number of alkyl halides is 1. The summed E-state index contributed by atoms with van der Waals surface area (Å²) in [6, 6.07) is 6.59. The van der Waals surface area contributed by atoms with E-state index in [1.165, 1.54) is 12.1 Å². The fourth-order valence-electron chi connectivity index (χ4n) is 1.46. The summed E-state index contributed by atoms with van der Waals surface area (Å²) in [5, 5.41) is 10.2. The summed E-state index contributed by atoms with van der Waals surface area (Å²) < 4.78 is 13.0. The summed E-state index contributed by atoms with van der Waals surface area (Å²) >= 11 is 5.12. The van der Waals surface area contributed by atoms with E-state index in [0.717, 1.165) is 22.0 Å². The smallest absolute Gasteiger partial charge is 0.131 e. The molecule has 0 spiro atoms. The number of aromatic nitrogens is 2. The highest BCUT2D eigenvalue weighted by Crippen LogP contribution is 2.29. The van der Waals surface area contributed by atoms with Gasteiger partial charge in [0, 0.05) is 6.42 Å². The average molecular weight is 315 g/mol. The molecule has 0 saturated carbocycles. The number of hydrogen-bond acceptors (Lipinski definition) is 3. The van der Waals surface area contributed by atoms with Crippen LogP contribution in [0.3, 0.4) is 0 Å². The first-order chi connectivity index (χ1) is 8.19. The molecule has 17 heavy (non-hydrogen) atoms. The molecule has 1 aromatic heterocycles. The predicted octanol–water partition coefficient (Wildman–Crippen LogP) is 4.11. The SMILES string of the molecule is CCC(Br)c1nnc(Cc2cccc(F)c2)s1. The van der Waals surface area contributed by atoms with Gasteiger partial charge in [-0.1, -0.05) is 46.3 Å². The van der Waals surface area contributed by atoms with Crippen molar-refractivity contribution in [3.05, 3.63) is 45.7 Å². The zero-order valence-electron chi connectivity index (χ0n) is 9.36. The van der Waals surface area contributed by atoms with Gasteiger partial charge in [0.25, 0.3) is 0 Å². The fourth-order valence-corrected chi connectivity index (χ4v) is 2.77. The Morgan fingerprint density at radius 1 is 1.41 bits per heavy atom. The molecule has 0 N–H and O–H groups in total. The molecule has 0 bridgehead atoms. The number of nitrogens with zero attached hydrogens (tertiary/aromatic N) is 2. The average Bonchev–Trinajstić information content (AvgIpc) is 2.76. The van der Waals surface area contributed by atoms with Crippen molar-refractivity contribution in [1.29, 1.82) is 0 Å². The van der Waals surface area contributed by atoms with E-state index in [1.54, 1.807) is 17.4 Å². The molecule has 0 saturated heterocycles. The third kappa shape index (κ3) is 3.33. The Balaban J connectivity index is 2.11. The third-order valence-corrected chi connectivity index (χ3v) is 4.77. The van der Waals surface area contributed by atoms with Gasteiger partial charge in [-0.2, -0.15) is 0 Å². The molecule has 0 amide bonds. The Morgan fingerprint density at radius 3 is 2.94 bits per heavy atom. The van der Waals surface area contributed by atoms with Crippen molar-refractivity contribution in [2.75, 3.05) is 0 Å². The van der Waals surface area contributed by atoms with Gasteiger partial charge in [0.1, 0.15) is 15.8 Å². The Morgan fingerprint density at radius 2 is 2.24 bits per heavy atom. The number of hydrogen-bond donors (Lipinski definition) is 0. The third-order valence-electron chi connectivity index (χ3n) is 2.35. The van der Waals surface area contributed by atoms with Crippen molar-refractivity contribution >= 4 is 27.3 Å². The van der Waals surface area contributed by atoms with Gasteiger partial charge in [0.05, 0.1) is 4.83 Å². The zero-order valence-corrected chi connectivity index (χ0v) is 11.8. The van der Waals surface area contributed by atoms with Crippen molar-refractivity contribution in [1.82, 2.24) is 10.2 Å². The zero-order chi connectivity index (χ0) is 12.3. The summed E-state index contributed by atoms with van der Waals surface area (Å²) in [7, 11) is 0. The molecule has 0 aliphatic heterocycles. The highest BCUT2D eigenvalue weighted by molar-refractivity contribution is 9.09. The molecular formula is C12H12BrFN2S. The molecule has 1 heterocycles. The van der Waals surface area contributed by atoms with E-state index >= 15 is 0 Å². The van der Waals surface area contributed by atoms with Crippen LogP contribution in [0.25, 0.3) is 0 Å². The highest BCUT2D eigenvalue weighted by atomic mass is 79.9. The molecule has 5 heteroatoms. The molecule has 90 valence electrons. The number of halogens is 2. The first-order valence-corrected chi connectivity index (χ1v) is 7.13. The maximum atomic E-state index is 13.0. The number of benzene rings is 1. The van der Waals surface area contributed by atoms with E-state index in [9.17, 15) is 4.39 Å². The van der Waals surface area contributed by atoms with Crippen LogP contribution in [-0.2, 0) is 6.42 Å². The Kier molecular flexibility index (Phi) is 4.23. The fraction of sp³-hybridized carbons (Fsp3) is 0.333. The minimum absolute atomic E-state index is 0.209. The van der Waals surface area contributed by atoms with E-state index in [1.807, 2.05) is 6.07 Å². The lowest BCUT2D eigenvalue weighted by Gasteiger charge is -1.98. The summed E-state index contributed by atoms with van der Waals surface area (Å²) in [5.74, 6) is -0.209. The summed E-state index contributed by atoms with van der Waals surface area (Å²) in [6.07, 6.45) is 1.62. The standard InChI is InChI=1S/C12H12BrFN2S/c1-2-10(13)12-16-15-11(17-12)7-8-4-3-5-9(14)6-8/h3-6,10H,2,7H2,1H3. The van der Waals surface area contributed by atoms with Gasteiger partial charge in [-0.15, -0.1) is 10.2 Å². The van der Waals surface area contributed by atoms with Gasteiger partial charge in [0.15, 0.2) is 0 Å². The highest BCUT2D eigenvalue weighted by Gasteiger charge is 2.11. The Labute approximate surface area is 112 Å². The van der Waals surface area contributed by atoms with Crippen LogP contribution in [0.5, 0.6) is 0 Å². The first kappa shape index (κ1) is 12.6. The predicted molar refractivity (Wildman–Crippen MR) is 71.1 cm³/mol. The molecule has 2 rings (SSSR count). The van der Waals surface area contributed by atoms with Crippen molar-refractivity contribution < 1.29 is 4.39 Å². The second-order valence-electron chi connectivity index (χ2n) is 3.72. The van der Waals surface area contributed by atoms with E-state index in [0.29, 0.717) is 6.42 Å². The van der Waals surface area contributed by atoms with Gasteiger partial charge in [0.2, 0.25) is 0 Å². The van der Waals surface area contributed by atoms with Crippen molar-refractivity contribution in [3.8, 4) is 0 Å². The second-order valence-corrected chi connectivity index (χ2v) is 5.92. The van der Waals surface area contributed by atoms with Gasteiger partial charge in [-0.3, -0.25) is 0 Å².